The second-order valence-corrected chi connectivity index (χ2v) is 4.86. The average Bonchev–Trinajstić information content (AvgIpc) is 2.39. The molecule has 2 aliphatic heterocycles. The zero-order valence-electron chi connectivity index (χ0n) is 10.4. The van der Waals surface area contributed by atoms with Gasteiger partial charge in [0.1, 0.15) is 0 Å². The van der Waals surface area contributed by atoms with Crippen LogP contribution < -0.4 is 5.32 Å². The lowest BCUT2D eigenvalue weighted by atomic mass is 10.0. The SMILES string of the molecule is CC(C1CNCCO1)N(C)C1CCOCC1. The van der Waals surface area contributed by atoms with E-state index in [0.29, 0.717) is 18.2 Å². The van der Waals surface area contributed by atoms with Gasteiger partial charge in [0.05, 0.1) is 12.7 Å². The third-order valence-electron chi connectivity index (χ3n) is 3.90. The molecule has 1 N–H and O–H groups in total. The second-order valence-electron chi connectivity index (χ2n) is 4.86. The van der Waals surface area contributed by atoms with Crippen molar-refractivity contribution < 1.29 is 9.47 Å². The van der Waals surface area contributed by atoms with Crippen LogP contribution in [0.1, 0.15) is 19.8 Å². The average molecular weight is 228 g/mol. The number of rotatable bonds is 3. The molecule has 0 radical (unpaired) electrons. The van der Waals surface area contributed by atoms with Crippen molar-refractivity contribution in [1.82, 2.24) is 10.2 Å². The van der Waals surface area contributed by atoms with Gasteiger partial charge >= 0.3 is 0 Å². The molecule has 2 heterocycles. The topological polar surface area (TPSA) is 33.7 Å². The van der Waals surface area contributed by atoms with Crippen molar-refractivity contribution in [2.45, 2.75) is 38.0 Å². The summed E-state index contributed by atoms with van der Waals surface area (Å²) in [6.07, 6.45) is 2.64. The van der Waals surface area contributed by atoms with Gasteiger partial charge < -0.3 is 14.8 Å². The summed E-state index contributed by atoms with van der Waals surface area (Å²) in [6, 6.07) is 1.14. The number of nitrogens with one attached hydrogen (secondary N) is 1. The maximum Gasteiger partial charge on any atom is 0.0852 e. The molecule has 2 aliphatic rings. The van der Waals surface area contributed by atoms with Crippen LogP contribution in [0.3, 0.4) is 0 Å². The monoisotopic (exact) mass is 228 g/mol. The maximum absolute atomic E-state index is 5.82. The molecule has 0 amide bonds. The molecule has 0 saturated carbocycles. The Morgan fingerprint density at radius 2 is 2.00 bits per heavy atom. The molecule has 4 nitrogen and oxygen atoms in total. The van der Waals surface area contributed by atoms with Gasteiger partial charge in [-0.15, -0.1) is 0 Å². The van der Waals surface area contributed by atoms with E-state index in [9.17, 15) is 0 Å². The highest BCUT2D eigenvalue weighted by atomic mass is 16.5. The van der Waals surface area contributed by atoms with Crippen molar-refractivity contribution in [2.75, 3.05) is 40.0 Å². The molecule has 2 atom stereocenters. The highest BCUT2D eigenvalue weighted by Gasteiger charge is 2.28. The fourth-order valence-corrected chi connectivity index (χ4v) is 2.58. The summed E-state index contributed by atoms with van der Waals surface area (Å²) in [5.41, 5.74) is 0. The van der Waals surface area contributed by atoms with Gasteiger partial charge in [-0.05, 0) is 26.8 Å². The number of likely N-dealkylation sites (N-methyl/N-ethyl adjacent to an activating group) is 1. The molecule has 0 aromatic heterocycles. The van der Waals surface area contributed by atoms with Gasteiger partial charge in [0.15, 0.2) is 0 Å². The first-order valence-corrected chi connectivity index (χ1v) is 6.41. The molecule has 2 rings (SSSR count). The van der Waals surface area contributed by atoms with Crippen LogP contribution in [0.15, 0.2) is 0 Å². The Morgan fingerprint density at radius 1 is 1.25 bits per heavy atom. The Balaban J connectivity index is 1.84. The molecular weight excluding hydrogens is 204 g/mol. The third kappa shape index (κ3) is 2.94. The summed E-state index contributed by atoms with van der Waals surface area (Å²) in [6.45, 7) is 6.90. The van der Waals surface area contributed by atoms with E-state index in [1.54, 1.807) is 0 Å². The molecule has 0 spiro atoms. The highest BCUT2D eigenvalue weighted by molar-refractivity contribution is 4.83. The number of ether oxygens (including phenoxy) is 2. The van der Waals surface area contributed by atoms with Crippen LogP contribution in [0.4, 0.5) is 0 Å². The fraction of sp³-hybridized carbons (Fsp3) is 1.00. The van der Waals surface area contributed by atoms with Crippen LogP contribution in [0.5, 0.6) is 0 Å². The Kier molecular flexibility index (Phi) is 4.58. The van der Waals surface area contributed by atoms with Crippen LogP contribution in [-0.4, -0.2) is 63.0 Å². The molecule has 0 aromatic rings. The first kappa shape index (κ1) is 12.3. The molecule has 2 unspecified atom stereocenters. The molecule has 16 heavy (non-hydrogen) atoms. The van der Waals surface area contributed by atoms with E-state index in [2.05, 4.69) is 24.2 Å². The lowest BCUT2D eigenvalue weighted by Crippen LogP contribution is -2.53. The van der Waals surface area contributed by atoms with Gasteiger partial charge in [0.25, 0.3) is 0 Å². The number of hydrogen-bond donors (Lipinski definition) is 1. The van der Waals surface area contributed by atoms with Crippen LogP contribution >= 0.6 is 0 Å². The summed E-state index contributed by atoms with van der Waals surface area (Å²) in [4.78, 5) is 2.47. The minimum absolute atomic E-state index is 0.335. The minimum Gasteiger partial charge on any atom is -0.381 e. The normalized spacial score (nSPS) is 30.6. The zero-order chi connectivity index (χ0) is 11.4. The molecule has 0 aliphatic carbocycles. The quantitative estimate of drug-likeness (QED) is 0.761. The first-order valence-electron chi connectivity index (χ1n) is 6.41. The molecule has 94 valence electrons. The van der Waals surface area contributed by atoms with Crippen LogP contribution in [-0.2, 0) is 9.47 Å². The van der Waals surface area contributed by atoms with Crippen molar-refractivity contribution in [2.24, 2.45) is 0 Å². The van der Waals surface area contributed by atoms with E-state index in [-0.39, 0.29) is 0 Å². The standard InChI is InChI=1S/C12H24N2O2/c1-10(12-9-13-5-8-16-12)14(2)11-3-6-15-7-4-11/h10-13H,3-9H2,1-2H3. The first-order chi connectivity index (χ1) is 7.79. The highest BCUT2D eigenvalue weighted by Crippen LogP contribution is 2.18. The van der Waals surface area contributed by atoms with Gasteiger partial charge in [-0.3, -0.25) is 4.90 Å². The van der Waals surface area contributed by atoms with Crippen LogP contribution in [0.25, 0.3) is 0 Å². The lowest BCUT2D eigenvalue weighted by Gasteiger charge is -2.40. The van der Waals surface area contributed by atoms with Crippen molar-refractivity contribution in [3.05, 3.63) is 0 Å². The van der Waals surface area contributed by atoms with E-state index in [4.69, 9.17) is 9.47 Å². The Bertz CT molecular complexity index is 179. The molecule has 0 aromatic carbocycles. The van der Waals surface area contributed by atoms with E-state index in [1.165, 1.54) is 0 Å². The summed E-state index contributed by atoms with van der Waals surface area (Å²) >= 11 is 0. The van der Waals surface area contributed by atoms with E-state index in [1.807, 2.05) is 0 Å². The molecule has 0 bridgehead atoms. The third-order valence-corrected chi connectivity index (χ3v) is 3.90. The largest absolute Gasteiger partial charge is 0.381 e. The zero-order valence-corrected chi connectivity index (χ0v) is 10.4. The Labute approximate surface area is 98.3 Å². The maximum atomic E-state index is 5.82. The van der Waals surface area contributed by atoms with Gasteiger partial charge in [-0.25, -0.2) is 0 Å². The van der Waals surface area contributed by atoms with Gasteiger partial charge in [-0.1, -0.05) is 0 Å². The van der Waals surface area contributed by atoms with Crippen molar-refractivity contribution in [1.29, 1.82) is 0 Å². The predicted molar refractivity (Wildman–Crippen MR) is 63.7 cm³/mol. The number of nitrogens with zero attached hydrogens (tertiary/aromatic N) is 1. The predicted octanol–water partition coefficient (Wildman–Crippen LogP) is 0.474. The summed E-state index contributed by atoms with van der Waals surface area (Å²) < 4.78 is 11.2. The minimum atomic E-state index is 0.335. The van der Waals surface area contributed by atoms with Gasteiger partial charge in [-0.2, -0.15) is 0 Å². The Morgan fingerprint density at radius 3 is 2.62 bits per heavy atom. The van der Waals surface area contributed by atoms with Gasteiger partial charge in [0, 0.05) is 38.4 Å². The molecule has 2 fully saturated rings. The van der Waals surface area contributed by atoms with Crippen LogP contribution in [0, 0.1) is 0 Å². The van der Waals surface area contributed by atoms with Crippen molar-refractivity contribution in [3.63, 3.8) is 0 Å². The van der Waals surface area contributed by atoms with Crippen molar-refractivity contribution in [3.8, 4) is 0 Å². The molecular formula is C12H24N2O2. The fourth-order valence-electron chi connectivity index (χ4n) is 2.58. The second kappa shape index (κ2) is 5.96. The molecule has 2 saturated heterocycles. The summed E-state index contributed by atoms with van der Waals surface area (Å²) in [7, 11) is 2.22. The summed E-state index contributed by atoms with van der Waals surface area (Å²) in [5.74, 6) is 0. The Hall–Kier alpha value is -0.160. The van der Waals surface area contributed by atoms with Crippen molar-refractivity contribution >= 4 is 0 Å². The van der Waals surface area contributed by atoms with E-state index < -0.39 is 0 Å². The number of morpholine rings is 1. The van der Waals surface area contributed by atoms with E-state index in [0.717, 1.165) is 45.8 Å². The summed E-state index contributed by atoms with van der Waals surface area (Å²) in [5, 5.41) is 3.40. The van der Waals surface area contributed by atoms with Gasteiger partial charge in [0.2, 0.25) is 0 Å². The molecule has 4 heteroatoms. The van der Waals surface area contributed by atoms with E-state index >= 15 is 0 Å². The smallest absolute Gasteiger partial charge is 0.0852 e. The number of hydrogen-bond acceptors (Lipinski definition) is 4. The van der Waals surface area contributed by atoms with Crippen LogP contribution in [0.2, 0.25) is 0 Å². The lowest BCUT2D eigenvalue weighted by molar-refractivity contribution is -0.0450.